The zero-order chi connectivity index (χ0) is 13.9. The van der Waals surface area contributed by atoms with Gasteiger partial charge in [-0.25, -0.2) is 0 Å². The molecular formula is C14H17N3O3. The molecule has 0 amide bonds. The number of hydrogen-bond acceptors (Lipinski definition) is 6. The third-order valence-electron chi connectivity index (χ3n) is 3.31. The van der Waals surface area contributed by atoms with Gasteiger partial charge in [0.15, 0.2) is 17.6 Å². The van der Waals surface area contributed by atoms with E-state index in [1.807, 2.05) is 31.3 Å². The molecule has 1 aromatic carbocycles. The largest absolute Gasteiger partial charge is 0.485 e. The maximum Gasteiger partial charge on any atom is 0.243 e. The van der Waals surface area contributed by atoms with Gasteiger partial charge in [0.25, 0.3) is 0 Å². The van der Waals surface area contributed by atoms with Crippen LogP contribution in [0.15, 0.2) is 28.8 Å². The molecule has 20 heavy (non-hydrogen) atoms. The lowest BCUT2D eigenvalue weighted by Crippen LogP contribution is -2.23. The normalized spacial score (nSPS) is 18.8. The zero-order valence-electron chi connectivity index (χ0n) is 11.5. The minimum absolute atomic E-state index is 0.0630. The second-order valence-corrected chi connectivity index (χ2v) is 4.60. The fourth-order valence-corrected chi connectivity index (χ4v) is 2.17. The Balaban J connectivity index is 1.78. The molecule has 2 aromatic rings. The van der Waals surface area contributed by atoms with Crippen molar-refractivity contribution in [1.82, 2.24) is 15.5 Å². The van der Waals surface area contributed by atoms with E-state index in [4.69, 9.17) is 14.0 Å². The highest BCUT2D eigenvalue weighted by molar-refractivity contribution is 5.40. The van der Waals surface area contributed by atoms with Crippen LogP contribution in [0.25, 0.3) is 0 Å². The average Bonchev–Trinajstić information content (AvgIpc) is 2.98. The molecule has 2 unspecified atom stereocenters. The first-order chi connectivity index (χ1) is 9.81. The molecular weight excluding hydrogens is 258 g/mol. The van der Waals surface area contributed by atoms with Gasteiger partial charge in [0, 0.05) is 0 Å². The van der Waals surface area contributed by atoms with Gasteiger partial charge in [-0.05, 0) is 25.6 Å². The van der Waals surface area contributed by atoms with Crippen molar-refractivity contribution in [3.8, 4) is 11.5 Å². The Morgan fingerprint density at radius 3 is 2.90 bits per heavy atom. The highest BCUT2D eigenvalue weighted by atomic mass is 16.6. The number of para-hydroxylation sites is 2. The van der Waals surface area contributed by atoms with E-state index in [2.05, 4.69) is 22.4 Å². The molecule has 0 spiro atoms. The molecule has 1 aromatic heterocycles. The molecule has 2 heterocycles. The highest BCUT2D eigenvalue weighted by Gasteiger charge is 2.27. The maximum atomic E-state index is 5.85. The second-order valence-electron chi connectivity index (χ2n) is 4.60. The first kappa shape index (κ1) is 12.9. The summed E-state index contributed by atoms with van der Waals surface area (Å²) in [5.41, 5.74) is 0. The molecule has 0 bridgehead atoms. The number of nitrogens with one attached hydrogen (secondary N) is 1. The fraction of sp³-hybridized carbons (Fsp3) is 0.429. The van der Waals surface area contributed by atoms with E-state index < -0.39 is 0 Å². The van der Waals surface area contributed by atoms with Crippen molar-refractivity contribution in [2.24, 2.45) is 0 Å². The van der Waals surface area contributed by atoms with Crippen molar-refractivity contribution in [2.75, 3.05) is 13.7 Å². The summed E-state index contributed by atoms with van der Waals surface area (Å²) in [7, 11) is 1.87. The SMILES string of the molecule is CCC(NC)c1nc(C2COc3ccccc3O2)no1. The minimum Gasteiger partial charge on any atom is -0.485 e. The van der Waals surface area contributed by atoms with Gasteiger partial charge in [0.2, 0.25) is 11.7 Å². The van der Waals surface area contributed by atoms with E-state index in [9.17, 15) is 0 Å². The topological polar surface area (TPSA) is 69.4 Å². The molecule has 2 atom stereocenters. The molecule has 6 nitrogen and oxygen atoms in total. The fourth-order valence-electron chi connectivity index (χ4n) is 2.17. The number of ether oxygens (including phenoxy) is 2. The second kappa shape index (κ2) is 5.50. The first-order valence-electron chi connectivity index (χ1n) is 6.71. The summed E-state index contributed by atoms with van der Waals surface area (Å²) in [6, 6.07) is 7.62. The highest BCUT2D eigenvalue weighted by Crippen LogP contribution is 2.35. The number of hydrogen-bond donors (Lipinski definition) is 1. The van der Waals surface area contributed by atoms with Crippen molar-refractivity contribution >= 4 is 0 Å². The van der Waals surface area contributed by atoms with Crippen LogP contribution in [0, 0.1) is 0 Å². The van der Waals surface area contributed by atoms with Crippen molar-refractivity contribution in [3.05, 3.63) is 36.0 Å². The Morgan fingerprint density at radius 2 is 2.15 bits per heavy atom. The van der Waals surface area contributed by atoms with E-state index in [0.29, 0.717) is 24.1 Å². The standard InChI is InChI=1S/C14H17N3O3/c1-3-9(15-2)14-16-13(17-20-14)12-8-18-10-6-4-5-7-11(10)19-12/h4-7,9,12,15H,3,8H2,1-2H3. The van der Waals surface area contributed by atoms with Crippen LogP contribution >= 0.6 is 0 Å². The van der Waals surface area contributed by atoms with Crippen LogP contribution in [0.5, 0.6) is 11.5 Å². The zero-order valence-corrected chi connectivity index (χ0v) is 11.5. The van der Waals surface area contributed by atoms with Crippen LogP contribution in [0.3, 0.4) is 0 Å². The molecule has 0 fully saturated rings. The van der Waals surface area contributed by atoms with Gasteiger partial charge in [-0.2, -0.15) is 4.98 Å². The predicted octanol–water partition coefficient (Wildman–Crippen LogP) is 2.25. The summed E-state index contributed by atoms with van der Waals surface area (Å²) in [6.07, 6.45) is 0.542. The molecule has 1 aliphatic rings. The van der Waals surface area contributed by atoms with E-state index >= 15 is 0 Å². The van der Waals surface area contributed by atoms with Crippen LogP contribution in [0.1, 0.15) is 37.2 Å². The first-order valence-corrected chi connectivity index (χ1v) is 6.71. The molecule has 0 radical (unpaired) electrons. The quantitative estimate of drug-likeness (QED) is 0.923. The Hall–Kier alpha value is -2.08. The summed E-state index contributed by atoms with van der Waals surface area (Å²) >= 11 is 0. The smallest absolute Gasteiger partial charge is 0.243 e. The van der Waals surface area contributed by atoms with Gasteiger partial charge in [0.05, 0.1) is 6.04 Å². The third kappa shape index (κ3) is 2.34. The van der Waals surface area contributed by atoms with E-state index in [-0.39, 0.29) is 12.1 Å². The third-order valence-corrected chi connectivity index (χ3v) is 3.31. The van der Waals surface area contributed by atoms with Crippen molar-refractivity contribution in [3.63, 3.8) is 0 Å². The van der Waals surface area contributed by atoms with E-state index in [1.165, 1.54) is 0 Å². The lowest BCUT2D eigenvalue weighted by molar-refractivity contribution is 0.0832. The average molecular weight is 275 g/mol. The molecule has 3 rings (SSSR count). The van der Waals surface area contributed by atoms with Crippen LogP contribution in [0.4, 0.5) is 0 Å². The van der Waals surface area contributed by atoms with Gasteiger partial charge in [-0.1, -0.05) is 24.2 Å². The number of fused-ring (bicyclic) bond motifs is 1. The predicted molar refractivity (Wildman–Crippen MR) is 71.7 cm³/mol. The molecule has 0 saturated heterocycles. The molecule has 0 aliphatic carbocycles. The van der Waals surface area contributed by atoms with Crippen LogP contribution in [-0.2, 0) is 0 Å². The van der Waals surface area contributed by atoms with Gasteiger partial charge in [0.1, 0.15) is 6.61 Å². The summed E-state index contributed by atoms with van der Waals surface area (Å²) < 4.78 is 16.8. The van der Waals surface area contributed by atoms with E-state index in [0.717, 1.165) is 12.2 Å². The summed E-state index contributed by atoms with van der Waals surface area (Å²) in [5, 5.41) is 7.13. The van der Waals surface area contributed by atoms with Gasteiger partial charge in [-0.3, -0.25) is 0 Å². The monoisotopic (exact) mass is 275 g/mol. The number of nitrogens with zero attached hydrogens (tertiary/aromatic N) is 2. The van der Waals surface area contributed by atoms with E-state index in [1.54, 1.807) is 0 Å². The Kier molecular flexibility index (Phi) is 3.56. The molecule has 106 valence electrons. The van der Waals surface area contributed by atoms with Crippen molar-refractivity contribution in [1.29, 1.82) is 0 Å². The summed E-state index contributed by atoms with van der Waals surface area (Å²) in [5.74, 6) is 2.54. The number of rotatable bonds is 4. The lowest BCUT2D eigenvalue weighted by Gasteiger charge is -2.24. The molecule has 1 aliphatic heterocycles. The van der Waals surface area contributed by atoms with Crippen molar-refractivity contribution in [2.45, 2.75) is 25.5 Å². The summed E-state index contributed by atoms with van der Waals surface area (Å²) in [6.45, 7) is 2.44. The Bertz CT molecular complexity index is 581. The molecule has 6 heteroatoms. The number of benzene rings is 1. The number of aromatic nitrogens is 2. The Labute approximate surface area is 117 Å². The van der Waals surface area contributed by atoms with Gasteiger partial charge < -0.3 is 19.3 Å². The minimum atomic E-state index is -0.336. The van der Waals surface area contributed by atoms with Crippen LogP contribution < -0.4 is 14.8 Å². The van der Waals surface area contributed by atoms with Gasteiger partial charge >= 0.3 is 0 Å². The summed E-state index contributed by atoms with van der Waals surface area (Å²) in [4.78, 5) is 4.40. The molecule has 0 saturated carbocycles. The Morgan fingerprint density at radius 1 is 1.35 bits per heavy atom. The maximum absolute atomic E-state index is 5.85. The molecule has 1 N–H and O–H groups in total. The van der Waals surface area contributed by atoms with Crippen molar-refractivity contribution < 1.29 is 14.0 Å². The lowest BCUT2D eigenvalue weighted by atomic mass is 10.2. The van der Waals surface area contributed by atoms with Gasteiger partial charge in [-0.15, -0.1) is 0 Å². The van der Waals surface area contributed by atoms with Crippen LogP contribution in [-0.4, -0.2) is 23.8 Å². The van der Waals surface area contributed by atoms with Crippen LogP contribution in [0.2, 0.25) is 0 Å².